The van der Waals surface area contributed by atoms with E-state index in [0.29, 0.717) is 0 Å². The molecule has 1 aliphatic rings. The lowest BCUT2D eigenvalue weighted by molar-refractivity contribution is 0.0842. The van der Waals surface area contributed by atoms with E-state index in [1.165, 1.54) is 22.1 Å². The topological polar surface area (TPSA) is 22.4 Å². The van der Waals surface area contributed by atoms with E-state index in [-0.39, 0.29) is 5.60 Å². The Balaban J connectivity index is 1.97. The Kier molecular flexibility index (Phi) is 3.06. The minimum absolute atomic E-state index is 0.0934. The van der Waals surface area contributed by atoms with Crippen LogP contribution in [0.4, 0.5) is 0 Å². The third-order valence-corrected chi connectivity index (χ3v) is 4.99. The predicted octanol–water partition coefficient (Wildman–Crippen LogP) is 5.82. The molecule has 0 amide bonds. The Morgan fingerprint density at radius 2 is 1.74 bits per heavy atom. The summed E-state index contributed by atoms with van der Waals surface area (Å²) in [4.78, 5) is 0. The Morgan fingerprint density at radius 3 is 2.48 bits per heavy atom. The average molecular weight is 306 g/mol. The van der Waals surface area contributed by atoms with Crippen molar-refractivity contribution in [3.63, 3.8) is 0 Å². The van der Waals surface area contributed by atoms with Crippen LogP contribution < -0.4 is 4.74 Å². The van der Waals surface area contributed by atoms with Gasteiger partial charge < -0.3 is 9.15 Å². The normalized spacial score (nSPS) is 16.2. The Bertz CT molecular complexity index is 885. The number of hydrogen-bond acceptors (Lipinski definition) is 2. The van der Waals surface area contributed by atoms with Crippen LogP contribution in [0, 0.1) is 13.8 Å². The molecule has 0 aliphatic carbocycles. The Morgan fingerprint density at radius 1 is 1.00 bits per heavy atom. The van der Waals surface area contributed by atoms with Crippen molar-refractivity contribution in [1.82, 2.24) is 0 Å². The second kappa shape index (κ2) is 4.89. The van der Waals surface area contributed by atoms with Gasteiger partial charge in [0.15, 0.2) is 0 Å². The van der Waals surface area contributed by atoms with Gasteiger partial charge >= 0.3 is 0 Å². The number of hydrogen-bond donors (Lipinski definition) is 0. The fraction of sp³-hybridized carbons (Fsp3) is 0.333. The fourth-order valence-electron chi connectivity index (χ4n) is 3.47. The van der Waals surface area contributed by atoms with E-state index in [0.717, 1.165) is 35.5 Å². The van der Waals surface area contributed by atoms with Gasteiger partial charge in [-0.3, -0.25) is 0 Å². The number of fused-ring (bicyclic) bond motifs is 3. The van der Waals surface area contributed by atoms with Gasteiger partial charge in [-0.25, -0.2) is 0 Å². The summed E-state index contributed by atoms with van der Waals surface area (Å²) in [6.45, 7) is 8.60. The molecule has 2 heteroatoms. The number of benzene rings is 2. The third kappa shape index (κ3) is 2.24. The van der Waals surface area contributed by atoms with Crippen molar-refractivity contribution in [2.24, 2.45) is 0 Å². The van der Waals surface area contributed by atoms with E-state index in [2.05, 4.69) is 45.9 Å². The van der Waals surface area contributed by atoms with Gasteiger partial charge in [0.2, 0.25) is 0 Å². The zero-order valence-electron chi connectivity index (χ0n) is 14.2. The molecule has 118 valence electrons. The summed E-state index contributed by atoms with van der Waals surface area (Å²) < 4.78 is 12.5. The molecule has 4 rings (SSSR count). The van der Waals surface area contributed by atoms with Gasteiger partial charge in [0, 0.05) is 16.5 Å². The molecule has 0 saturated carbocycles. The number of furan rings is 1. The first-order valence-electron chi connectivity index (χ1n) is 8.26. The first-order valence-corrected chi connectivity index (χ1v) is 8.26. The average Bonchev–Trinajstić information content (AvgIpc) is 2.98. The van der Waals surface area contributed by atoms with Gasteiger partial charge in [-0.1, -0.05) is 30.3 Å². The molecule has 0 N–H and O–H groups in total. The fourth-order valence-corrected chi connectivity index (χ4v) is 3.47. The molecule has 2 nitrogen and oxygen atoms in total. The zero-order valence-corrected chi connectivity index (χ0v) is 14.2. The quantitative estimate of drug-likeness (QED) is 0.565. The monoisotopic (exact) mass is 306 g/mol. The highest BCUT2D eigenvalue weighted by Crippen LogP contribution is 2.44. The number of ether oxygens (including phenoxy) is 1. The van der Waals surface area contributed by atoms with E-state index in [4.69, 9.17) is 9.15 Å². The van der Waals surface area contributed by atoms with Crippen molar-refractivity contribution < 1.29 is 9.15 Å². The predicted molar refractivity (Wildman–Crippen MR) is 94.2 cm³/mol. The van der Waals surface area contributed by atoms with Crippen LogP contribution in [0.25, 0.3) is 22.3 Å². The van der Waals surface area contributed by atoms with Crippen molar-refractivity contribution in [1.29, 1.82) is 0 Å². The maximum Gasteiger partial charge on any atom is 0.138 e. The van der Waals surface area contributed by atoms with Crippen LogP contribution in [0.5, 0.6) is 5.75 Å². The van der Waals surface area contributed by atoms with E-state index < -0.39 is 0 Å². The molecule has 1 aliphatic heterocycles. The molecule has 2 heterocycles. The van der Waals surface area contributed by atoms with Crippen molar-refractivity contribution in [3.8, 4) is 17.1 Å². The maximum absolute atomic E-state index is 6.31. The minimum Gasteiger partial charge on any atom is -0.487 e. The molecule has 0 spiro atoms. The minimum atomic E-state index is -0.0934. The molecular weight excluding hydrogens is 284 g/mol. The summed E-state index contributed by atoms with van der Waals surface area (Å²) in [5, 5.41) is 1.21. The highest BCUT2D eigenvalue weighted by molar-refractivity contribution is 5.91. The first kappa shape index (κ1) is 14.4. The van der Waals surface area contributed by atoms with Crippen LogP contribution >= 0.6 is 0 Å². The standard InChI is InChI=1S/C21H22O2/c1-13-14(2)20-16(10-11-21(3,4)23-20)17-12-18(22-19(13)17)15-8-6-5-7-9-15/h5-9,12H,10-11H2,1-4H3. The van der Waals surface area contributed by atoms with E-state index in [1.54, 1.807) is 0 Å². The Hall–Kier alpha value is -2.22. The molecule has 23 heavy (non-hydrogen) atoms. The summed E-state index contributed by atoms with van der Waals surface area (Å²) in [6, 6.07) is 12.5. The highest BCUT2D eigenvalue weighted by atomic mass is 16.5. The van der Waals surface area contributed by atoms with Gasteiger partial charge in [-0.05, 0) is 57.7 Å². The molecule has 2 aromatic carbocycles. The van der Waals surface area contributed by atoms with Crippen molar-refractivity contribution >= 4 is 11.0 Å². The lowest BCUT2D eigenvalue weighted by Gasteiger charge is -2.34. The molecule has 0 saturated heterocycles. The molecule has 0 unspecified atom stereocenters. The SMILES string of the molecule is Cc1c2c(c3cc(-c4ccccc4)oc3c1C)CCC(C)(C)O2. The van der Waals surface area contributed by atoms with Crippen LogP contribution in [0.15, 0.2) is 40.8 Å². The summed E-state index contributed by atoms with van der Waals surface area (Å²) in [5.74, 6) is 1.99. The van der Waals surface area contributed by atoms with Gasteiger partial charge in [-0.2, -0.15) is 0 Å². The second-order valence-electron chi connectivity index (χ2n) is 7.14. The number of rotatable bonds is 1. The van der Waals surface area contributed by atoms with Gasteiger partial charge in [0.1, 0.15) is 22.7 Å². The second-order valence-corrected chi connectivity index (χ2v) is 7.14. The van der Waals surface area contributed by atoms with Gasteiger partial charge in [0.25, 0.3) is 0 Å². The summed E-state index contributed by atoms with van der Waals surface area (Å²) in [5.41, 5.74) is 5.71. The van der Waals surface area contributed by atoms with Crippen LogP contribution in [-0.4, -0.2) is 5.60 Å². The van der Waals surface area contributed by atoms with Crippen LogP contribution in [0.1, 0.15) is 37.0 Å². The summed E-state index contributed by atoms with van der Waals surface area (Å²) in [7, 11) is 0. The van der Waals surface area contributed by atoms with Crippen LogP contribution in [0.3, 0.4) is 0 Å². The van der Waals surface area contributed by atoms with E-state index >= 15 is 0 Å². The molecule has 0 fully saturated rings. The summed E-state index contributed by atoms with van der Waals surface area (Å²) in [6.07, 6.45) is 2.07. The Labute approximate surface area is 137 Å². The van der Waals surface area contributed by atoms with E-state index in [9.17, 15) is 0 Å². The number of aryl methyl sites for hydroxylation is 2. The van der Waals surface area contributed by atoms with Crippen LogP contribution in [-0.2, 0) is 6.42 Å². The molecular formula is C21H22O2. The maximum atomic E-state index is 6.31. The van der Waals surface area contributed by atoms with Crippen molar-refractivity contribution in [2.45, 2.75) is 46.1 Å². The lowest BCUT2D eigenvalue weighted by Crippen LogP contribution is -2.33. The third-order valence-electron chi connectivity index (χ3n) is 4.99. The van der Waals surface area contributed by atoms with Crippen LogP contribution in [0.2, 0.25) is 0 Å². The van der Waals surface area contributed by atoms with Gasteiger partial charge in [0.05, 0.1) is 0 Å². The highest BCUT2D eigenvalue weighted by Gasteiger charge is 2.31. The van der Waals surface area contributed by atoms with Crippen molar-refractivity contribution in [2.75, 3.05) is 0 Å². The smallest absolute Gasteiger partial charge is 0.138 e. The molecule has 0 radical (unpaired) electrons. The molecule has 1 aromatic heterocycles. The van der Waals surface area contributed by atoms with E-state index in [1.807, 2.05) is 18.2 Å². The lowest BCUT2D eigenvalue weighted by atomic mass is 9.89. The van der Waals surface area contributed by atoms with Crippen molar-refractivity contribution in [3.05, 3.63) is 53.1 Å². The van der Waals surface area contributed by atoms with Gasteiger partial charge in [-0.15, -0.1) is 0 Å². The molecule has 0 bridgehead atoms. The summed E-state index contributed by atoms with van der Waals surface area (Å²) >= 11 is 0. The zero-order chi connectivity index (χ0) is 16.2. The largest absolute Gasteiger partial charge is 0.487 e. The molecule has 0 atom stereocenters. The molecule has 3 aromatic rings. The first-order chi connectivity index (χ1) is 11.0.